The van der Waals surface area contributed by atoms with Crippen molar-refractivity contribution in [3.8, 4) is 0 Å². The molecule has 1 aliphatic heterocycles. The first kappa shape index (κ1) is 17.7. The zero-order valence-corrected chi connectivity index (χ0v) is 13.9. The summed E-state index contributed by atoms with van der Waals surface area (Å²) in [5, 5.41) is 0.437. The van der Waals surface area contributed by atoms with Crippen LogP contribution in [0.1, 0.15) is 18.9 Å². The van der Waals surface area contributed by atoms with E-state index in [1.807, 2.05) is 6.92 Å². The second-order valence-electron chi connectivity index (χ2n) is 5.18. The van der Waals surface area contributed by atoms with Crippen molar-refractivity contribution in [3.63, 3.8) is 0 Å². The van der Waals surface area contributed by atoms with Gasteiger partial charge in [0.2, 0.25) is 10.0 Å². The number of benzene rings is 1. The van der Waals surface area contributed by atoms with Crippen molar-refractivity contribution in [1.82, 2.24) is 4.31 Å². The van der Waals surface area contributed by atoms with E-state index in [1.54, 1.807) is 19.1 Å². The van der Waals surface area contributed by atoms with Gasteiger partial charge in [-0.3, -0.25) is 0 Å². The Morgan fingerprint density at radius 3 is 2.65 bits per heavy atom. The molecular formula is C13H20Cl2N2O2S. The van der Waals surface area contributed by atoms with Crippen LogP contribution in [0.2, 0.25) is 5.02 Å². The summed E-state index contributed by atoms with van der Waals surface area (Å²) < 4.78 is 26.7. The highest BCUT2D eigenvalue weighted by molar-refractivity contribution is 7.89. The van der Waals surface area contributed by atoms with Crippen LogP contribution in [0, 0.1) is 12.8 Å². The zero-order valence-electron chi connectivity index (χ0n) is 11.5. The number of sulfonamides is 1. The Bertz CT molecular complexity index is 576. The Hall–Kier alpha value is -0.330. The van der Waals surface area contributed by atoms with Gasteiger partial charge in [-0.05, 0) is 43.9 Å². The quantitative estimate of drug-likeness (QED) is 0.920. The van der Waals surface area contributed by atoms with Crippen molar-refractivity contribution in [2.24, 2.45) is 11.7 Å². The van der Waals surface area contributed by atoms with Crippen LogP contribution in [0.15, 0.2) is 23.1 Å². The lowest BCUT2D eigenvalue weighted by Crippen LogP contribution is -2.33. The maximum absolute atomic E-state index is 12.6. The van der Waals surface area contributed by atoms with E-state index in [2.05, 4.69) is 0 Å². The topological polar surface area (TPSA) is 63.4 Å². The van der Waals surface area contributed by atoms with Crippen LogP contribution in [-0.2, 0) is 10.0 Å². The maximum Gasteiger partial charge on any atom is 0.243 e. The molecule has 0 spiro atoms. The number of halogens is 2. The zero-order chi connectivity index (χ0) is 14.2. The third-order valence-electron chi connectivity index (χ3n) is 3.70. The number of rotatable bonds is 3. The van der Waals surface area contributed by atoms with E-state index in [0.29, 0.717) is 28.6 Å². The van der Waals surface area contributed by atoms with Gasteiger partial charge in [0.1, 0.15) is 0 Å². The van der Waals surface area contributed by atoms with Gasteiger partial charge in [-0.25, -0.2) is 8.42 Å². The number of aryl methyl sites for hydroxylation is 1. The molecule has 2 atom stereocenters. The highest BCUT2D eigenvalue weighted by Gasteiger charge is 2.34. The average molecular weight is 339 g/mol. The van der Waals surface area contributed by atoms with Crippen LogP contribution in [0.25, 0.3) is 0 Å². The fourth-order valence-corrected chi connectivity index (χ4v) is 4.39. The lowest BCUT2D eigenvalue weighted by Gasteiger charge is -2.19. The lowest BCUT2D eigenvalue weighted by molar-refractivity contribution is 0.429. The van der Waals surface area contributed by atoms with Gasteiger partial charge in [0.05, 0.1) is 4.90 Å². The molecule has 114 valence electrons. The normalized spacial score (nSPS) is 21.5. The Morgan fingerprint density at radius 1 is 1.45 bits per heavy atom. The molecule has 0 aliphatic carbocycles. The smallest absolute Gasteiger partial charge is 0.243 e. The highest BCUT2D eigenvalue weighted by atomic mass is 35.5. The molecule has 1 aromatic carbocycles. The van der Waals surface area contributed by atoms with Crippen LogP contribution in [0.4, 0.5) is 0 Å². The Labute approximate surface area is 131 Å². The van der Waals surface area contributed by atoms with Gasteiger partial charge in [0, 0.05) is 24.2 Å². The number of nitrogens with zero attached hydrogens (tertiary/aromatic N) is 1. The van der Waals surface area contributed by atoms with Gasteiger partial charge in [0.15, 0.2) is 0 Å². The summed E-state index contributed by atoms with van der Waals surface area (Å²) in [6.45, 7) is 4.72. The van der Waals surface area contributed by atoms with Crippen molar-refractivity contribution in [1.29, 1.82) is 0 Å². The fraction of sp³-hybridized carbons (Fsp3) is 0.538. The summed E-state index contributed by atoms with van der Waals surface area (Å²) in [7, 11) is -3.46. The van der Waals surface area contributed by atoms with Crippen LogP contribution in [0.3, 0.4) is 0 Å². The summed E-state index contributed by atoms with van der Waals surface area (Å²) in [5.74, 6) is 0.231. The third-order valence-corrected chi connectivity index (χ3v) is 5.94. The number of hydrogen-bond acceptors (Lipinski definition) is 3. The van der Waals surface area contributed by atoms with Gasteiger partial charge in [-0.15, -0.1) is 12.4 Å². The largest absolute Gasteiger partial charge is 0.328 e. The molecule has 1 heterocycles. The van der Waals surface area contributed by atoms with Crippen molar-refractivity contribution in [2.45, 2.75) is 31.2 Å². The summed E-state index contributed by atoms with van der Waals surface area (Å²) in [6.07, 6.45) is 0.816. The first-order valence-corrected chi connectivity index (χ1v) is 8.16. The molecule has 1 aromatic rings. The lowest BCUT2D eigenvalue weighted by atomic mass is 10.0. The maximum atomic E-state index is 12.6. The molecule has 0 aromatic heterocycles. The van der Waals surface area contributed by atoms with Crippen LogP contribution in [0.5, 0.6) is 0 Å². The SMILES string of the molecule is Cc1ccc(Cl)cc1S(=O)(=O)N1CCC(C(C)N)C1.Cl. The molecular weight excluding hydrogens is 319 g/mol. The van der Waals surface area contributed by atoms with Gasteiger partial charge in [0.25, 0.3) is 0 Å². The molecule has 2 unspecified atom stereocenters. The molecule has 0 saturated carbocycles. The van der Waals surface area contributed by atoms with Gasteiger partial charge in [-0.1, -0.05) is 17.7 Å². The van der Waals surface area contributed by atoms with E-state index in [0.717, 1.165) is 6.42 Å². The average Bonchev–Trinajstić information content (AvgIpc) is 2.82. The van der Waals surface area contributed by atoms with Crippen LogP contribution >= 0.6 is 24.0 Å². The summed E-state index contributed by atoms with van der Waals surface area (Å²) in [6, 6.07) is 4.96. The predicted molar refractivity (Wildman–Crippen MR) is 84.0 cm³/mol. The summed E-state index contributed by atoms with van der Waals surface area (Å²) in [4.78, 5) is 0.297. The standard InChI is InChI=1S/C13H19ClN2O2S.ClH/c1-9-3-4-12(14)7-13(9)19(17,18)16-6-5-11(8-16)10(2)15;/h3-4,7,10-11H,5-6,8,15H2,1-2H3;1H. The molecule has 0 radical (unpaired) electrons. The van der Waals surface area contributed by atoms with E-state index in [9.17, 15) is 8.42 Å². The van der Waals surface area contributed by atoms with E-state index in [1.165, 1.54) is 10.4 Å². The molecule has 4 nitrogen and oxygen atoms in total. The van der Waals surface area contributed by atoms with Crippen LogP contribution in [-0.4, -0.2) is 31.9 Å². The fourth-order valence-electron chi connectivity index (χ4n) is 2.39. The summed E-state index contributed by atoms with van der Waals surface area (Å²) >= 11 is 5.91. The molecule has 7 heteroatoms. The number of nitrogens with two attached hydrogens (primary N) is 1. The first-order chi connectivity index (χ1) is 8.82. The van der Waals surface area contributed by atoms with E-state index in [-0.39, 0.29) is 24.4 Å². The molecule has 20 heavy (non-hydrogen) atoms. The van der Waals surface area contributed by atoms with Crippen molar-refractivity contribution < 1.29 is 8.42 Å². The molecule has 0 amide bonds. The third kappa shape index (κ3) is 3.46. The number of hydrogen-bond donors (Lipinski definition) is 1. The van der Waals surface area contributed by atoms with Crippen molar-refractivity contribution in [2.75, 3.05) is 13.1 Å². The molecule has 2 rings (SSSR count). The van der Waals surface area contributed by atoms with Crippen LogP contribution < -0.4 is 5.73 Å². The summed E-state index contributed by atoms with van der Waals surface area (Å²) in [5.41, 5.74) is 6.57. The minimum atomic E-state index is -3.46. The van der Waals surface area contributed by atoms with Gasteiger partial charge in [-0.2, -0.15) is 4.31 Å². The monoisotopic (exact) mass is 338 g/mol. The van der Waals surface area contributed by atoms with E-state index < -0.39 is 10.0 Å². The first-order valence-electron chi connectivity index (χ1n) is 6.34. The molecule has 1 saturated heterocycles. The molecule has 1 fully saturated rings. The second kappa shape index (κ2) is 6.62. The van der Waals surface area contributed by atoms with Crippen molar-refractivity contribution >= 4 is 34.0 Å². The Balaban J connectivity index is 0.00000200. The van der Waals surface area contributed by atoms with Gasteiger partial charge < -0.3 is 5.73 Å². The molecule has 2 N–H and O–H groups in total. The van der Waals surface area contributed by atoms with E-state index >= 15 is 0 Å². The van der Waals surface area contributed by atoms with Gasteiger partial charge >= 0.3 is 0 Å². The Morgan fingerprint density at radius 2 is 2.10 bits per heavy atom. The van der Waals surface area contributed by atoms with Crippen molar-refractivity contribution in [3.05, 3.63) is 28.8 Å². The predicted octanol–water partition coefficient (Wildman–Crippen LogP) is 2.43. The minimum absolute atomic E-state index is 0. The van der Waals surface area contributed by atoms with E-state index in [4.69, 9.17) is 17.3 Å². The molecule has 0 bridgehead atoms. The minimum Gasteiger partial charge on any atom is -0.328 e. The molecule has 1 aliphatic rings. The second-order valence-corrected chi connectivity index (χ2v) is 7.52. The highest BCUT2D eigenvalue weighted by Crippen LogP contribution is 2.28. The Kier molecular flexibility index (Phi) is 5.87.